The van der Waals surface area contributed by atoms with Crippen LogP contribution in [-0.2, 0) is 26.3 Å². The van der Waals surface area contributed by atoms with Gasteiger partial charge in [-0.2, -0.15) is 12.7 Å². The third kappa shape index (κ3) is 6.82. The number of benzene rings is 2. The molecule has 1 saturated carbocycles. The van der Waals surface area contributed by atoms with Gasteiger partial charge in [0.1, 0.15) is 18.4 Å². The first-order chi connectivity index (χ1) is 17.1. The van der Waals surface area contributed by atoms with Crippen LogP contribution in [0.25, 0.3) is 0 Å². The zero-order valence-electron chi connectivity index (χ0n) is 21.1. The van der Waals surface area contributed by atoms with E-state index in [-0.39, 0.29) is 18.5 Å². The minimum absolute atomic E-state index is 0.0420. The van der Waals surface area contributed by atoms with Crippen LogP contribution in [0.15, 0.2) is 54.6 Å². The van der Waals surface area contributed by atoms with Crippen molar-refractivity contribution in [2.24, 2.45) is 0 Å². The van der Waals surface area contributed by atoms with Crippen LogP contribution in [0, 0.1) is 5.82 Å². The molecule has 0 spiro atoms. The molecule has 36 heavy (non-hydrogen) atoms. The van der Waals surface area contributed by atoms with Crippen LogP contribution in [0.4, 0.5) is 10.1 Å². The van der Waals surface area contributed by atoms with Gasteiger partial charge in [-0.25, -0.2) is 8.70 Å². The van der Waals surface area contributed by atoms with Crippen molar-refractivity contribution in [1.82, 2.24) is 14.5 Å². The summed E-state index contributed by atoms with van der Waals surface area (Å²) in [5, 5.41) is 3.06. The minimum Gasteiger partial charge on any atom is -0.352 e. The van der Waals surface area contributed by atoms with Crippen LogP contribution in [0.2, 0.25) is 0 Å². The van der Waals surface area contributed by atoms with E-state index in [4.69, 9.17) is 0 Å². The third-order valence-electron chi connectivity index (χ3n) is 6.42. The molecule has 196 valence electrons. The van der Waals surface area contributed by atoms with E-state index in [1.807, 2.05) is 6.92 Å². The zero-order chi connectivity index (χ0) is 26.3. The summed E-state index contributed by atoms with van der Waals surface area (Å²) in [6.07, 6.45) is 4.24. The molecule has 2 aromatic rings. The first-order valence-electron chi connectivity index (χ1n) is 12.2. The number of anilines is 1. The molecule has 3 rings (SSSR count). The summed E-state index contributed by atoms with van der Waals surface area (Å²) in [7, 11) is -1.20. The molecular formula is C26H35FN4O4S. The fourth-order valence-electron chi connectivity index (χ4n) is 4.38. The summed E-state index contributed by atoms with van der Waals surface area (Å²) < 4.78 is 41.9. The molecule has 0 unspecified atom stereocenters. The van der Waals surface area contributed by atoms with Gasteiger partial charge in [0.2, 0.25) is 11.8 Å². The first kappa shape index (κ1) is 27.6. The highest BCUT2D eigenvalue weighted by molar-refractivity contribution is 7.90. The topological polar surface area (TPSA) is 90.0 Å². The maximum absolute atomic E-state index is 13.8. The molecule has 2 aromatic carbocycles. The molecule has 8 nitrogen and oxygen atoms in total. The number of para-hydroxylation sites is 1. The predicted molar refractivity (Wildman–Crippen MR) is 138 cm³/mol. The molecule has 1 N–H and O–H groups in total. The second-order valence-corrected chi connectivity index (χ2v) is 11.3. The normalized spacial score (nSPS) is 15.0. The van der Waals surface area contributed by atoms with Crippen LogP contribution in [-0.4, -0.2) is 62.2 Å². The van der Waals surface area contributed by atoms with Gasteiger partial charge < -0.3 is 10.2 Å². The van der Waals surface area contributed by atoms with Crippen molar-refractivity contribution in [2.75, 3.05) is 24.9 Å². The summed E-state index contributed by atoms with van der Waals surface area (Å²) in [5.74, 6) is -1.20. The maximum atomic E-state index is 13.8. The Morgan fingerprint density at radius 3 is 2.19 bits per heavy atom. The van der Waals surface area contributed by atoms with Gasteiger partial charge in [0.15, 0.2) is 0 Å². The van der Waals surface area contributed by atoms with E-state index >= 15 is 0 Å². The average molecular weight is 519 g/mol. The summed E-state index contributed by atoms with van der Waals surface area (Å²) in [6.45, 7) is 1.37. The van der Waals surface area contributed by atoms with Gasteiger partial charge in [-0.05, 0) is 49.1 Å². The van der Waals surface area contributed by atoms with Crippen LogP contribution < -0.4 is 9.62 Å². The molecule has 0 aliphatic heterocycles. The molecule has 0 heterocycles. The number of nitrogens with zero attached hydrogens (tertiary/aromatic N) is 3. The molecule has 0 bridgehead atoms. The Morgan fingerprint density at radius 1 is 1.03 bits per heavy atom. The van der Waals surface area contributed by atoms with Crippen LogP contribution in [0.1, 0.15) is 44.6 Å². The molecule has 1 fully saturated rings. The van der Waals surface area contributed by atoms with Gasteiger partial charge in [-0.15, -0.1) is 0 Å². The smallest absolute Gasteiger partial charge is 0.304 e. The number of hydrogen-bond donors (Lipinski definition) is 1. The zero-order valence-corrected chi connectivity index (χ0v) is 21.9. The second kappa shape index (κ2) is 12.3. The van der Waals surface area contributed by atoms with Gasteiger partial charge >= 0.3 is 10.2 Å². The predicted octanol–water partition coefficient (Wildman–Crippen LogP) is 3.30. The Balaban J connectivity index is 1.94. The van der Waals surface area contributed by atoms with Gasteiger partial charge in [0, 0.05) is 26.7 Å². The number of amides is 2. The summed E-state index contributed by atoms with van der Waals surface area (Å²) >= 11 is 0. The molecule has 2 amide bonds. The quantitative estimate of drug-likeness (QED) is 0.494. The fourth-order valence-corrected chi connectivity index (χ4v) is 5.44. The van der Waals surface area contributed by atoms with Crippen LogP contribution in [0.3, 0.4) is 0 Å². The SMILES string of the molecule is CC[C@H](C(=O)NC1CCCC1)N(Cc1ccc(F)cc1)C(=O)CN(c1ccccc1)S(=O)(=O)N(C)C. The van der Waals surface area contributed by atoms with E-state index < -0.39 is 34.5 Å². The summed E-state index contributed by atoms with van der Waals surface area (Å²) in [4.78, 5) is 28.4. The summed E-state index contributed by atoms with van der Waals surface area (Å²) in [5.41, 5.74) is 0.975. The molecule has 1 aliphatic rings. The number of halogens is 1. The van der Waals surface area contributed by atoms with Gasteiger partial charge in [0.25, 0.3) is 0 Å². The van der Waals surface area contributed by atoms with Crippen molar-refractivity contribution in [1.29, 1.82) is 0 Å². The lowest BCUT2D eigenvalue weighted by molar-refractivity contribution is -0.140. The maximum Gasteiger partial charge on any atom is 0.304 e. The second-order valence-electron chi connectivity index (χ2n) is 9.19. The fraction of sp³-hybridized carbons (Fsp3) is 0.462. The van der Waals surface area contributed by atoms with Gasteiger partial charge in [-0.3, -0.25) is 9.59 Å². The van der Waals surface area contributed by atoms with E-state index in [1.165, 1.54) is 31.1 Å². The van der Waals surface area contributed by atoms with Crippen molar-refractivity contribution < 1.29 is 22.4 Å². The van der Waals surface area contributed by atoms with Crippen molar-refractivity contribution >= 4 is 27.7 Å². The number of carbonyl (C=O) groups is 2. The van der Waals surface area contributed by atoms with Crippen LogP contribution in [0.5, 0.6) is 0 Å². The minimum atomic E-state index is -4.00. The Hall–Kier alpha value is -2.98. The van der Waals surface area contributed by atoms with E-state index in [0.29, 0.717) is 17.7 Å². The van der Waals surface area contributed by atoms with Crippen molar-refractivity contribution in [3.63, 3.8) is 0 Å². The third-order valence-corrected chi connectivity index (χ3v) is 8.24. The van der Waals surface area contributed by atoms with Crippen molar-refractivity contribution in [2.45, 2.75) is 57.7 Å². The number of carbonyl (C=O) groups excluding carboxylic acids is 2. The van der Waals surface area contributed by atoms with E-state index in [1.54, 1.807) is 42.5 Å². The lowest BCUT2D eigenvalue weighted by atomic mass is 10.1. The number of rotatable bonds is 11. The van der Waals surface area contributed by atoms with E-state index in [2.05, 4.69) is 5.32 Å². The Labute approximate surface area is 213 Å². The van der Waals surface area contributed by atoms with Crippen molar-refractivity contribution in [3.8, 4) is 0 Å². The molecule has 0 aromatic heterocycles. The van der Waals surface area contributed by atoms with E-state index in [0.717, 1.165) is 34.3 Å². The van der Waals surface area contributed by atoms with Crippen LogP contribution >= 0.6 is 0 Å². The Morgan fingerprint density at radius 2 is 1.64 bits per heavy atom. The molecule has 0 radical (unpaired) electrons. The highest BCUT2D eigenvalue weighted by Gasteiger charge is 2.34. The monoisotopic (exact) mass is 518 g/mol. The molecule has 1 atom stereocenters. The molecule has 10 heteroatoms. The first-order valence-corrected chi connectivity index (χ1v) is 13.6. The number of nitrogens with one attached hydrogen (secondary N) is 1. The Bertz CT molecular complexity index is 1120. The van der Waals surface area contributed by atoms with Gasteiger partial charge in [-0.1, -0.05) is 50.1 Å². The van der Waals surface area contributed by atoms with Crippen molar-refractivity contribution in [3.05, 3.63) is 66.0 Å². The number of hydrogen-bond acceptors (Lipinski definition) is 4. The molecule has 1 aliphatic carbocycles. The molecule has 0 saturated heterocycles. The summed E-state index contributed by atoms with van der Waals surface area (Å²) in [6, 6.07) is 13.3. The highest BCUT2D eigenvalue weighted by atomic mass is 32.2. The Kier molecular flexibility index (Phi) is 9.44. The van der Waals surface area contributed by atoms with E-state index in [9.17, 15) is 22.4 Å². The largest absolute Gasteiger partial charge is 0.352 e. The highest BCUT2D eigenvalue weighted by Crippen LogP contribution is 2.22. The molecular weight excluding hydrogens is 483 g/mol. The standard InChI is InChI=1S/C26H35FN4O4S/c1-4-24(26(33)28-22-10-8-9-11-22)30(18-20-14-16-21(27)17-15-20)25(32)19-31(36(34,35)29(2)3)23-12-6-5-7-13-23/h5-7,12-17,22,24H,4,8-11,18-19H2,1-3H3,(H,28,33)/t24-/m1/s1. The lowest BCUT2D eigenvalue weighted by Gasteiger charge is -2.34. The van der Waals surface area contributed by atoms with Gasteiger partial charge in [0.05, 0.1) is 5.69 Å². The lowest BCUT2D eigenvalue weighted by Crippen LogP contribution is -2.54. The average Bonchev–Trinajstić information content (AvgIpc) is 3.36.